The lowest BCUT2D eigenvalue weighted by Crippen LogP contribution is -2.40. The van der Waals surface area contributed by atoms with Crippen molar-refractivity contribution >= 4 is 11.6 Å². The van der Waals surface area contributed by atoms with E-state index < -0.39 is 0 Å². The zero-order chi connectivity index (χ0) is 17.6. The molecule has 0 radical (unpaired) electrons. The minimum atomic E-state index is 0.253. The van der Waals surface area contributed by atoms with Gasteiger partial charge in [0.05, 0.1) is 5.69 Å². The number of likely N-dealkylation sites (tertiary alicyclic amines) is 1. The summed E-state index contributed by atoms with van der Waals surface area (Å²) in [4.78, 5) is 16.1. The van der Waals surface area contributed by atoms with Crippen LogP contribution in [0.25, 0.3) is 0 Å². The number of nitrogens with zero attached hydrogens (tertiary/aromatic N) is 4. The molecule has 3 heterocycles. The highest BCUT2D eigenvalue weighted by Crippen LogP contribution is 2.32. The van der Waals surface area contributed by atoms with Crippen molar-refractivity contribution in [3.05, 3.63) is 42.0 Å². The molecule has 1 unspecified atom stereocenters. The first-order chi connectivity index (χ1) is 12.2. The normalized spacial score (nSPS) is 17.4. The second-order valence-electron chi connectivity index (χ2n) is 6.75. The third-order valence-electron chi connectivity index (χ3n) is 4.95. The topological polar surface area (TPSA) is 74.2 Å². The fourth-order valence-corrected chi connectivity index (χ4v) is 3.46. The Morgan fingerprint density at radius 2 is 2.00 bits per heavy atom. The first kappa shape index (κ1) is 17.8. The molecular weight excluding hydrogens is 314 g/mol. The first-order valence-electron chi connectivity index (χ1n) is 9.04. The molecule has 6 heteroatoms. The van der Waals surface area contributed by atoms with Gasteiger partial charge in [0.15, 0.2) is 5.82 Å². The predicted octanol–water partition coefficient (Wildman–Crippen LogP) is 2.87. The van der Waals surface area contributed by atoms with E-state index in [-0.39, 0.29) is 6.61 Å². The van der Waals surface area contributed by atoms with Crippen molar-refractivity contribution in [3.8, 4) is 0 Å². The Morgan fingerprint density at radius 3 is 2.72 bits per heavy atom. The first-order valence-corrected chi connectivity index (χ1v) is 9.04. The molecule has 1 aliphatic rings. The third kappa shape index (κ3) is 4.52. The molecule has 2 aromatic rings. The molecule has 1 fully saturated rings. The second-order valence-corrected chi connectivity index (χ2v) is 6.75. The van der Waals surface area contributed by atoms with E-state index in [0.717, 1.165) is 55.4 Å². The zero-order valence-corrected chi connectivity index (χ0v) is 15.0. The van der Waals surface area contributed by atoms with Crippen LogP contribution in [0.2, 0.25) is 0 Å². The van der Waals surface area contributed by atoms with Crippen molar-refractivity contribution in [1.29, 1.82) is 0 Å². The number of aromatic nitrogens is 3. The molecule has 25 heavy (non-hydrogen) atoms. The predicted molar refractivity (Wildman–Crippen MR) is 99.0 cm³/mol. The molecule has 0 aliphatic carbocycles. The summed E-state index contributed by atoms with van der Waals surface area (Å²) in [5.41, 5.74) is 2.00. The standard InChI is InChI=1S/C19H27N5O/c1-14-4-3-5-17(22-14)23-19-18(20-9-10-21-19)16-6-11-24(12-7-16)15(2)8-13-25/h3-5,9-10,15-16,25H,6-8,11-13H2,1-2H3,(H,21,22,23). The molecule has 1 aliphatic heterocycles. The molecular formula is C19H27N5O. The van der Waals surface area contributed by atoms with Crippen LogP contribution in [0.1, 0.15) is 43.5 Å². The van der Waals surface area contributed by atoms with E-state index >= 15 is 0 Å². The Morgan fingerprint density at radius 1 is 1.24 bits per heavy atom. The highest BCUT2D eigenvalue weighted by molar-refractivity contribution is 5.54. The third-order valence-corrected chi connectivity index (χ3v) is 4.95. The van der Waals surface area contributed by atoms with Crippen molar-refractivity contribution in [1.82, 2.24) is 19.9 Å². The second kappa shape index (κ2) is 8.36. The maximum Gasteiger partial charge on any atom is 0.153 e. The van der Waals surface area contributed by atoms with Gasteiger partial charge in [0, 0.05) is 36.7 Å². The van der Waals surface area contributed by atoms with Gasteiger partial charge in [-0.15, -0.1) is 0 Å². The van der Waals surface area contributed by atoms with E-state index in [9.17, 15) is 0 Å². The van der Waals surface area contributed by atoms with Gasteiger partial charge in [0.25, 0.3) is 0 Å². The Hall–Kier alpha value is -2.05. The number of aliphatic hydroxyl groups excluding tert-OH is 1. The fourth-order valence-electron chi connectivity index (χ4n) is 3.46. The van der Waals surface area contributed by atoms with Gasteiger partial charge in [0.2, 0.25) is 0 Å². The van der Waals surface area contributed by atoms with E-state index in [4.69, 9.17) is 5.11 Å². The maximum atomic E-state index is 9.13. The molecule has 134 valence electrons. The number of piperidine rings is 1. The van der Waals surface area contributed by atoms with Crippen molar-refractivity contribution in [2.24, 2.45) is 0 Å². The monoisotopic (exact) mass is 341 g/mol. The van der Waals surface area contributed by atoms with Crippen LogP contribution in [-0.2, 0) is 0 Å². The number of aliphatic hydroxyl groups is 1. The van der Waals surface area contributed by atoms with Crippen LogP contribution in [0.15, 0.2) is 30.6 Å². The van der Waals surface area contributed by atoms with Gasteiger partial charge in [-0.05, 0) is 58.3 Å². The van der Waals surface area contributed by atoms with Gasteiger partial charge >= 0.3 is 0 Å². The van der Waals surface area contributed by atoms with Crippen LogP contribution >= 0.6 is 0 Å². The van der Waals surface area contributed by atoms with E-state index in [2.05, 4.69) is 32.1 Å². The molecule has 0 saturated carbocycles. The van der Waals surface area contributed by atoms with E-state index in [1.54, 1.807) is 12.4 Å². The number of rotatable bonds is 6. The van der Waals surface area contributed by atoms with Gasteiger partial charge in [-0.25, -0.2) is 9.97 Å². The number of anilines is 2. The van der Waals surface area contributed by atoms with Crippen molar-refractivity contribution in [3.63, 3.8) is 0 Å². The molecule has 6 nitrogen and oxygen atoms in total. The molecule has 0 spiro atoms. The summed E-state index contributed by atoms with van der Waals surface area (Å²) in [6, 6.07) is 6.35. The van der Waals surface area contributed by atoms with Crippen LogP contribution in [0.3, 0.4) is 0 Å². The van der Waals surface area contributed by atoms with E-state index in [0.29, 0.717) is 12.0 Å². The summed E-state index contributed by atoms with van der Waals surface area (Å²) in [5.74, 6) is 2.01. The highest BCUT2D eigenvalue weighted by Gasteiger charge is 2.26. The average Bonchev–Trinajstić information content (AvgIpc) is 2.63. The summed E-state index contributed by atoms with van der Waals surface area (Å²) >= 11 is 0. The minimum absolute atomic E-state index is 0.253. The smallest absolute Gasteiger partial charge is 0.153 e. The Kier molecular flexibility index (Phi) is 5.94. The largest absolute Gasteiger partial charge is 0.396 e. The molecule has 0 amide bonds. The highest BCUT2D eigenvalue weighted by atomic mass is 16.3. The van der Waals surface area contributed by atoms with Crippen LogP contribution in [-0.4, -0.2) is 50.7 Å². The number of hydrogen-bond donors (Lipinski definition) is 2. The summed E-state index contributed by atoms with van der Waals surface area (Å²) in [5, 5.41) is 12.5. The van der Waals surface area contributed by atoms with Crippen molar-refractivity contribution in [2.45, 2.75) is 45.1 Å². The Bertz CT molecular complexity index is 685. The maximum absolute atomic E-state index is 9.13. The number of nitrogens with one attached hydrogen (secondary N) is 1. The van der Waals surface area contributed by atoms with Gasteiger partial charge in [-0.2, -0.15) is 0 Å². The molecule has 1 saturated heterocycles. The summed E-state index contributed by atoms with van der Waals surface area (Å²) < 4.78 is 0. The van der Waals surface area contributed by atoms with Gasteiger partial charge in [-0.3, -0.25) is 4.98 Å². The lowest BCUT2D eigenvalue weighted by molar-refractivity contribution is 0.135. The van der Waals surface area contributed by atoms with Gasteiger partial charge in [0.1, 0.15) is 5.82 Å². The Balaban J connectivity index is 1.69. The van der Waals surface area contributed by atoms with Crippen LogP contribution < -0.4 is 5.32 Å². The fraction of sp³-hybridized carbons (Fsp3) is 0.526. The SMILES string of the molecule is Cc1cccc(Nc2nccnc2C2CCN(C(C)CCO)CC2)n1. The minimum Gasteiger partial charge on any atom is -0.396 e. The molecule has 1 atom stereocenters. The van der Waals surface area contributed by atoms with E-state index in [1.165, 1.54) is 0 Å². The lowest BCUT2D eigenvalue weighted by Gasteiger charge is -2.36. The van der Waals surface area contributed by atoms with Crippen molar-refractivity contribution < 1.29 is 5.11 Å². The average molecular weight is 341 g/mol. The summed E-state index contributed by atoms with van der Waals surface area (Å²) in [7, 11) is 0. The lowest BCUT2D eigenvalue weighted by atomic mass is 9.92. The quantitative estimate of drug-likeness (QED) is 0.841. The van der Waals surface area contributed by atoms with Crippen LogP contribution in [0.4, 0.5) is 11.6 Å². The molecule has 0 aromatic carbocycles. The molecule has 2 N–H and O–H groups in total. The number of pyridine rings is 1. The summed E-state index contributed by atoms with van der Waals surface area (Å²) in [6.07, 6.45) is 6.45. The van der Waals surface area contributed by atoms with Gasteiger partial charge < -0.3 is 15.3 Å². The zero-order valence-electron chi connectivity index (χ0n) is 15.0. The molecule has 3 rings (SSSR count). The Labute approximate surface area is 149 Å². The molecule has 0 bridgehead atoms. The van der Waals surface area contributed by atoms with Crippen LogP contribution in [0, 0.1) is 6.92 Å². The van der Waals surface area contributed by atoms with E-state index in [1.807, 2.05) is 25.1 Å². The number of hydrogen-bond acceptors (Lipinski definition) is 6. The van der Waals surface area contributed by atoms with Crippen molar-refractivity contribution in [2.75, 3.05) is 25.0 Å². The van der Waals surface area contributed by atoms with Crippen LogP contribution in [0.5, 0.6) is 0 Å². The number of aryl methyl sites for hydroxylation is 1. The molecule has 2 aromatic heterocycles. The summed E-state index contributed by atoms with van der Waals surface area (Å²) in [6.45, 7) is 6.49. The van der Waals surface area contributed by atoms with Gasteiger partial charge in [-0.1, -0.05) is 6.07 Å².